The second-order valence-electron chi connectivity index (χ2n) is 3.70. The summed E-state index contributed by atoms with van der Waals surface area (Å²) in [7, 11) is -2.98. The molecule has 0 aliphatic carbocycles. The van der Waals surface area contributed by atoms with Crippen molar-refractivity contribution in [2.45, 2.75) is 51.9 Å². The van der Waals surface area contributed by atoms with E-state index in [0.29, 0.717) is 0 Å². The normalized spacial score (nSPS) is 12.4. The molecule has 0 saturated carbocycles. The molecule has 0 aromatic carbocycles. The summed E-state index contributed by atoms with van der Waals surface area (Å²) in [4.78, 5) is 0. The first kappa shape index (κ1) is 15.2. The van der Waals surface area contributed by atoms with Gasteiger partial charge < -0.3 is 0 Å². The first-order valence-electron chi connectivity index (χ1n) is 5.57. The molecule has 0 aliphatic rings. The third-order valence-corrected chi connectivity index (χ3v) is 5.01. The average molecular weight is 297 g/mol. The number of hydrogen-bond donors (Lipinski definition) is 0. The Labute approximate surface area is 102 Å². The molecule has 4 heteroatoms. The Morgan fingerprint density at radius 3 is 2.27 bits per heavy atom. The summed E-state index contributed by atoms with van der Waals surface area (Å²) in [6.07, 6.45) is 10.1. The molecule has 0 bridgehead atoms. The van der Waals surface area contributed by atoms with E-state index >= 15 is 0 Å². The Balaban J connectivity index is 3.39. The maximum Gasteiger partial charge on any atom is 0.181 e. The fourth-order valence-corrected chi connectivity index (χ4v) is 2.25. The molecule has 15 heavy (non-hydrogen) atoms. The van der Waals surface area contributed by atoms with E-state index in [1.165, 1.54) is 37.5 Å². The molecule has 2 nitrogen and oxygen atoms in total. The highest BCUT2D eigenvalue weighted by atomic mass is 79.9. The van der Waals surface area contributed by atoms with Crippen molar-refractivity contribution in [1.82, 2.24) is 0 Å². The molecule has 0 fully saturated rings. The number of alkyl halides is 1. The molecular weight excluding hydrogens is 276 g/mol. The Bertz CT molecular complexity index is 258. The zero-order valence-corrected chi connectivity index (χ0v) is 11.8. The van der Waals surface area contributed by atoms with Gasteiger partial charge in [-0.15, -0.1) is 0 Å². The molecule has 0 aliphatic heterocycles. The van der Waals surface area contributed by atoms with Crippen molar-refractivity contribution >= 4 is 25.8 Å². The van der Waals surface area contributed by atoms with Crippen LogP contribution in [0, 0.1) is 0 Å². The topological polar surface area (TPSA) is 34.1 Å². The molecule has 0 unspecified atom stereocenters. The van der Waals surface area contributed by atoms with Crippen LogP contribution in [-0.2, 0) is 9.84 Å². The van der Waals surface area contributed by atoms with Gasteiger partial charge in [-0.3, -0.25) is 0 Å². The highest BCUT2D eigenvalue weighted by Crippen LogP contribution is 2.08. The molecular formula is C11H21BrO2S. The van der Waals surface area contributed by atoms with Gasteiger partial charge in [-0.1, -0.05) is 61.0 Å². The van der Waals surface area contributed by atoms with E-state index in [1.54, 1.807) is 6.08 Å². The first-order chi connectivity index (χ1) is 7.12. The highest BCUT2D eigenvalue weighted by molar-refractivity contribution is 9.10. The van der Waals surface area contributed by atoms with Gasteiger partial charge in [0.25, 0.3) is 0 Å². The van der Waals surface area contributed by atoms with Crippen LogP contribution in [0.3, 0.4) is 0 Å². The van der Waals surface area contributed by atoms with Gasteiger partial charge in [-0.2, -0.15) is 0 Å². The molecule has 90 valence electrons. The number of allylic oxidation sites excluding steroid dienone is 1. The number of halogens is 1. The molecule has 0 rings (SSSR count). The van der Waals surface area contributed by atoms with Crippen molar-refractivity contribution in [2.24, 2.45) is 0 Å². The lowest BCUT2D eigenvalue weighted by Gasteiger charge is -1.97. The minimum Gasteiger partial charge on any atom is -0.223 e. The highest BCUT2D eigenvalue weighted by Gasteiger charge is 2.00. The number of sulfone groups is 1. The minimum absolute atomic E-state index is 0.0208. The van der Waals surface area contributed by atoms with Crippen molar-refractivity contribution in [3.05, 3.63) is 11.5 Å². The Morgan fingerprint density at radius 2 is 1.67 bits per heavy atom. The fourth-order valence-electron chi connectivity index (χ4n) is 1.29. The zero-order chi connectivity index (χ0) is 11.6. The lowest BCUT2D eigenvalue weighted by Crippen LogP contribution is -1.94. The quantitative estimate of drug-likeness (QED) is 0.476. The molecule has 0 aromatic rings. The number of rotatable bonds is 9. The largest absolute Gasteiger partial charge is 0.223 e. The Morgan fingerprint density at radius 1 is 1.07 bits per heavy atom. The van der Waals surface area contributed by atoms with E-state index in [-0.39, 0.29) is 4.66 Å². The SMILES string of the molecule is CCCCCCCCC=CS(=O)(=O)CBr. The maximum absolute atomic E-state index is 11.0. The van der Waals surface area contributed by atoms with Crippen molar-refractivity contribution in [1.29, 1.82) is 0 Å². The fraction of sp³-hybridized carbons (Fsp3) is 0.818. The summed E-state index contributed by atoms with van der Waals surface area (Å²) in [6, 6.07) is 0. The third-order valence-electron chi connectivity index (χ3n) is 2.18. The van der Waals surface area contributed by atoms with Crippen LogP contribution in [0.4, 0.5) is 0 Å². The molecule has 0 radical (unpaired) electrons. The summed E-state index contributed by atoms with van der Waals surface area (Å²) >= 11 is 2.94. The summed E-state index contributed by atoms with van der Waals surface area (Å²) in [6.45, 7) is 2.20. The van der Waals surface area contributed by atoms with Crippen LogP contribution in [0.5, 0.6) is 0 Å². The van der Waals surface area contributed by atoms with E-state index in [2.05, 4.69) is 22.9 Å². The molecule has 0 N–H and O–H groups in total. The zero-order valence-electron chi connectivity index (χ0n) is 9.41. The first-order valence-corrected chi connectivity index (χ1v) is 8.41. The van der Waals surface area contributed by atoms with Crippen LogP contribution < -0.4 is 0 Å². The van der Waals surface area contributed by atoms with E-state index in [9.17, 15) is 8.42 Å². The van der Waals surface area contributed by atoms with E-state index in [0.717, 1.165) is 12.8 Å². The third kappa shape index (κ3) is 10.5. The van der Waals surface area contributed by atoms with Crippen LogP contribution in [-0.4, -0.2) is 13.1 Å². The summed E-state index contributed by atoms with van der Waals surface area (Å²) < 4.78 is 22.1. The van der Waals surface area contributed by atoms with Crippen molar-refractivity contribution in [3.63, 3.8) is 0 Å². The lowest BCUT2D eigenvalue weighted by molar-refractivity contribution is 0.607. The molecule has 0 amide bonds. The van der Waals surface area contributed by atoms with Crippen LogP contribution in [0.15, 0.2) is 11.5 Å². The monoisotopic (exact) mass is 296 g/mol. The van der Waals surface area contributed by atoms with E-state index in [1.807, 2.05) is 0 Å². The summed E-state index contributed by atoms with van der Waals surface area (Å²) in [5, 5.41) is 1.31. The van der Waals surface area contributed by atoms with Gasteiger partial charge in [0.2, 0.25) is 0 Å². The van der Waals surface area contributed by atoms with Gasteiger partial charge >= 0.3 is 0 Å². The molecule has 0 heterocycles. The van der Waals surface area contributed by atoms with Gasteiger partial charge in [0, 0.05) is 5.41 Å². The van der Waals surface area contributed by atoms with Crippen LogP contribution in [0.1, 0.15) is 51.9 Å². The standard InChI is InChI=1S/C11H21BrO2S/c1-2-3-4-5-6-7-8-9-10-15(13,14)11-12/h9-10H,2-8,11H2,1H3. The second kappa shape index (κ2) is 9.40. The average Bonchev–Trinajstić information content (AvgIpc) is 2.22. The van der Waals surface area contributed by atoms with Gasteiger partial charge in [0.05, 0.1) is 0 Å². The summed E-state index contributed by atoms with van der Waals surface area (Å²) in [5.41, 5.74) is 0. The van der Waals surface area contributed by atoms with Gasteiger partial charge in [-0.05, 0) is 12.8 Å². The van der Waals surface area contributed by atoms with Gasteiger partial charge in [0.1, 0.15) is 4.66 Å². The number of unbranched alkanes of at least 4 members (excludes halogenated alkanes) is 6. The predicted molar refractivity (Wildman–Crippen MR) is 69.8 cm³/mol. The number of hydrogen-bond acceptors (Lipinski definition) is 2. The predicted octanol–water partition coefficient (Wildman–Crippen LogP) is 4.02. The molecule has 0 saturated heterocycles. The van der Waals surface area contributed by atoms with Crippen molar-refractivity contribution in [2.75, 3.05) is 4.66 Å². The van der Waals surface area contributed by atoms with E-state index in [4.69, 9.17) is 0 Å². The minimum atomic E-state index is -2.98. The molecule has 0 spiro atoms. The van der Waals surface area contributed by atoms with Crippen LogP contribution >= 0.6 is 15.9 Å². The van der Waals surface area contributed by atoms with Crippen LogP contribution in [0.2, 0.25) is 0 Å². The Hall–Kier alpha value is 0.170. The molecule has 0 aromatic heterocycles. The molecule has 0 atom stereocenters. The van der Waals surface area contributed by atoms with Gasteiger partial charge in [-0.25, -0.2) is 8.42 Å². The smallest absolute Gasteiger partial charge is 0.181 e. The second-order valence-corrected chi connectivity index (χ2v) is 6.89. The van der Waals surface area contributed by atoms with Gasteiger partial charge in [0.15, 0.2) is 9.84 Å². The Kier molecular flexibility index (Phi) is 9.51. The van der Waals surface area contributed by atoms with Crippen molar-refractivity contribution < 1.29 is 8.42 Å². The summed E-state index contributed by atoms with van der Waals surface area (Å²) in [5.74, 6) is 0. The van der Waals surface area contributed by atoms with Crippen LogP contribution in [0.25, 0.3) is 0 Å². The maximum atomic E-state index is 11.0. The van der Waals surface area contributed by atoms with E-state index < -0.39 is 9.84 Å². The van der Waals surface area contributed by atoms with Crippen molar-refractivity contribution in [3.8, 4) is 0 Å². The lowest BCUT2D eigenvalue weighted by atomic mass is 10.1.